The van der Waals surface area contributed by atoms with Gasteiger partial charge in [0.05, 0.1) is 6.61 Å². The number of hydrazine groups is 1. The number of nitrogens with one attached hydrogen (secondary N) is 2. The molecule has 0 heterocycles. The number of ether oxygens (including phenoxy) is 3. The van der Waals surface area contributed by atoms with Gasteiger partial charge in [0.15, 0.2) is 24.3 Å². The van der Waals surface area contributed by atoms with Crippen LogP contribution in [0.1, 0.15) is 13.8 Å². The summed E-state index contributed by atoms with van der Waals surface area (Å²) >= 11 is 0. The van der Waals surface area contributed by atoms with Crippen LogP contribution >= 0.6 is 0 Å². The molecule has 0 aromatic heterocycles. The number of carbonyl (C=O) groups is 2. The summed E-state index contributed by atoms with van der Waals surface area (Å²) in [6.07, 6.45) is -0.851. The third-order valence-corrected chi connectivity index (χ3v) is 3.34. The lowest BCUT2D eigenvalue weighted by molar-refractivity contribution is -0.133. The maximum absolute atomic E-state index is 13.4. The zero-order valence-corrected chi connectivity index (χ0v) is 15.0. The SMILES string of the molecule is CCOc1ccc(O[C@@H](C)C(=O)NNC(=O)COc2ccccc2F)cc1. The lowest BCUT2D eigenvalue weighted by Crippen LogP contribution is -2.48. The van der Waals surface area contributed by atoms with Crippen LogP contribution < -0.4 is 25.1 Å². The molecule has 27 heavy (non-hydrogen) atoms. The third kappa shape index (κ3) is 6.50. The molecule has 0 saturated heterocycles. The van der Waals surface area contributed by atoms with Crippen LogP contribution in [0.2, 0.25) is 0 Å². The van der Waals surface area contributed by atoms with Gasteiger partial charge in [0.25, 0.3) is 11.8 Å². The van der Waals surface area contributed by atoms with E-state index in [0.29, 0.717) is 18.1 Å². The second-order valence-electron chi connectivity index (χ2n) is 5.42. The van der Waals surface area contributed by atoms with Crippen molar-refractivity contribution in [2.24, 2.45) is 0 Å². The fourth-order valence-corrected chi connectivity index (χ4v) is 2.01. The fourth-order valence-electron chi connectivity index (χ4n) is 2.01. The molecule has 8 heteroatoms. The Balaban J connectivity index is 1.73. The van der Waals surface area contributed by atoms with Gasteiger partial charge >= 0.3 is 0 Å². The van der Waals surface area contributed by atoms with Crippen LogP contribution in [-0.4, -0.2) is 31.1 Å². The van der Waals surface area contributed by atoms with Crippen molar-refractivity contribution in [3.63, 3.8) is 0 Å². The molecule has 2 N–H and O–H groups in total. The Morgan fingerprint density at radius 3 is 2.33 bits per heavy atom. The quantitative estimate of drug-likeness (QED) is 0.690. The van der Waals surface area contributed by atoms with Gasteiger partial charge in [0.2, 0.25) is 0 Å². The zero-order valence-electron chi connectivity index (χ0n) is 15.0. The Morgan fingerprint density at radius 1 is 1.00 bits per heavy atom. The first-order valence-corrected chi connectivity index (χ1v) is 8.35. The van der Waals surface area contributed by atoms with E-state index in [-0.39, 0.29) is 5.75 Å². The molecule has 7 nitrogen and oxygen atoms in total. The van der Waals surface area contributed by atoms with Crippen molar-refractivity contribution >= 4 is 11.8 Å². The summed E-state index contributed by atoms with van der Waals surface area (Å²) in [4.78, 5) is 23.7. The minimum Gasteiger partial charge on any atom is -0.494 e. The van der Waals surface area contributed by atoms with Crippen LogP contribution in [0, 0.1) is 5.82 Å². The van der Waals surface area contributed by atoms with Crippen molar-refractivity contribution < 1.29 is 28.2 Å². The number of carbonyl (C=O) groups excluding carboxylic acids is 2. The molecule has 2 rings (SSSR count). The topological polar surface area (TPSA) is 85.9 Å². The molecular formula is C19H21FN2O5. The molecule has 0 saturated carbocycles. The van der Waals surface area contributed by atoms with Gasteiger partial charge in [0.1, 0.15) is 11.5 Å². The lowest BCUT2D eigenvalue weighted by Gasteiger charge is -2.15. The van der Waals surface area contributed by atoms with Crippen molar-refractivity contribution in [3.05, 3.63) is 54.3 Å². The first-order valence-electron chi connectivity index (χ1n) is 8.35. The van der Waals surface area contributed by atoms with Crippen molar-refractivity contribution in [2.45, 2.75) is 20.0 Å². The van der Waals surface area contributed by atoms with E-state index in [1.54, 1.807) is 30.3 Å². The predicted molar refractivity (Wildman–Crippen MR) is 95.9 cm³/mol. The number of halogens is 1. The maximum Gasteiger partial charge on any atom is 0.279 e. The van der Waals surface area contributed by atoms with Crippen LogP contribution in [0.5, 0.6) is 17.2 Å². The summed E-state index contributed by atoms with van der Waals surface area (Å²) in [7, 11) is 0. The Kier molecular flexibility index (Phi) is 7.42. The molecule has 0 aliphatic rings. The van der Waals surface area contributed by atoms with Crippen LogP contribution in [-0.2, 0) is 9.59 Å². The number of amides is 2. The molecule has 0 fully saturated rings. The van der Waals surface area contributed by atoms with E-state index in [1.165, 1.54) is 25.1 Å². The van der Waals surface area contributed by atoms with E-state index < -0.39 is 30.3 Å². The molecule has 144 valence electrons. The van der Waals surface area contributed by atoms with E-state index in [0.717, 1.165) is 0 Å². The Bertz CT molecular complexity index is 767. The Morgan fingerprint density at radius 2 is 1.67 bits per heavy atom. The van der Waals surface area contributed by atoms with E-state index >= 15 is 0 Å². The third-order valence-electron chi connectivity index (χ3n) is 3.34. The molecule has 2 aromatic rings. The molecule has 0 aliphatic carbocycles. The minimum absolute atomic E-state index is 0.0498. The van der Waals surface area contributed by atoms with Gasteiger partial charge in [-0.15, -0.1) is 0 Å². The average Bonchev–Trinajstić information content (AvgIpc) is 2.67. The van der Waals surface area contributed by atoms with Crippen LogP contribution in [0.25, 0.3) is 0 Å². The van der Waals surface area contributed by atoms with Gasteiger partial charge in [0, 0.05) is 0 Å². The molecule has 0 radical (unpaired) electrons. The molecule has 0 unspecified atom stereocenters. The predicted octanol–water partition coefficient (Wildman–Crippen LogP) is 2.22. The van der Waals surface area contributed by atoms with Gasteiger partial charge in [-0.1, -0.05) is 12.1 Å². The summed E-state index contributed by atoms with van der Waals surface area (Å²) in [5.74, 6) is -0.639. The number of rotatable bonds is 8. The largest absolute Gasteiger partial charge is 0.494 e. The summed E-state index contributed by atoms with van der Waals surface area (Å²) in [5.41, 5.74) is 4.40. The second-order valence-corrected chi connectivity index (χ2v) is 5.42. The van der Waals surface area contributed by atoms with Crippen molar-refractivity contribution in [3.8, 4) is 17.2 Å². The van der Waals surface area contributed by atoms with E-state index in [9.17, 15) is 14.0 Å². The van der Waals surface area contributed by atoms with E-state index in [4.69, 9.17) is 14.2 Å². The second kappa shape index (κ2) is 10.0. The fraction of sp³-hybridized carbons (Fsp3) is 0.263. The van der Waals surface area contributed by atoms with Crippen LogP contribution in [0.4, 0.5) is 4.39 Å². The van der Waals surface area contributed by atoms with Crippen LogP contribution in [0.3, 0.4) is 0 Å². The standard InChI is InChI=1S/C19H21FN2O5/c1-3-25-14-8-10-15(11-9-14)27-13(2)19(24)22-21-18(23)12-26-17-7-5-4-6-16(17)20/h4-11,13H,3,12H2,1-2H3,(H,21,23)(H,22,24)/t13-/m0/s1. The van der Waals surface area contributed by atoms with Gasteiger partial charge in [-0.2, -0.15) is 0 Å². The zero-order chi connectivity index (χ0) is 19.6. The van der Waals surface area contributed by atoms with E-state index in [1.807, 2.05) is 6.92 Å². The summed E-state index contributed by atoms with van der Waals surface area (Å²) in [6, 6.07) is 12.5. The molecular weight excluding hydrogens is 355 g/mol. The summed E-state index contributed by atoms with van der Waals surface area (Å²) < 4.78 is 29.2. The highest BCUT2D eigenvalue weighted by Crippen LogP contribution is 2.18. The molecule has 0 aliphatic heterocycles. The van der Waals surface area contributed by atoms with Gasteiger partial charge < -0.3 is 14.2 Å². The van der Waals surface area contributed by atoms with Crippen molar-refractivity contribution in [1.82, 2.24) is 10.9 Å². The molecule has 1 atom stereocenters. The summed E-state index contributed by atoms with van der Waals surface area (Å²) in [6.45, 7) is 3.52. The molecule has 2 amide bonds. The maximum atomic E-state index is 13.4. The van der Waals surface area contributed by atoms with Gasteiger partial charge in [-0.3, -0.25) is 20.4 Å². The highest BCUT2D eigenvalue weighted by Gasteiger charge is 2.16. The lowest BCUT2D eigenvalue weighted by atomic mass is 10.3. The Hall–Kier alpha value is -3.29. The number of hydrogen-bond donors (Lipinski definition) is 2. The highest BCUT2D eigenvalue weighted by molar-refractivity contribution is 5.85. The van der Waals surface area contributed by atoms with Gasteiger partial charge in [-0.25, -0.2) is 4.39 Å². The average molecular weight is 376 g/mol. The minimum atomic E-state index is -0.851. The first kappa shape index (κ1) is 20.0. The Labute approximate surface area is 156 Å². The highest BCUT2D eigenvalue weighted by atomic mass is 19.1. The molecule has 0 spiro atoms. The molecule has 2 aromatic carbocycles. The normalized spacial score (nSPS) is 11.2. The van der Waals surface area contributed by atoms with Crippen molar-refractivity contribution in [1.29, 1.82) is 0 Å². The van der Waals surface area contributed by atoms with Crippen LogP contribution in [0.15, 0.2) is 48.5 Å². The van der Waals surface area contributed by atoms with Gasteiger partial charge in [-0.05, 0) is 50.2 Å². The number of para-hydroxylation sites is 1. The summed E-state index contributed by atoms with van der Waals surface area (Å²) in [5, 5.41) is 0. The molecule has 0 bridgehead atoms. The van der Waals surface area contributed by atoms with Crippen molar-refractivity contribution in [2.75, 3.05) is 13.2 Å². The number of benzene rings is 2. The van der Waals surface area contributed by atoms with E-state index in [2.05, 4.69) is 10.9 Å². The first-order chi connectivity index (χ1) is 13.0. The number of hydrogen-bond acceptors (Lipinski definition) is 5. The smallest absolute Gasteiger partial charge is 0.279 e. The monoisotopic (exact) mass is 376 g/mol.